The number of nitrogens with zero attached hydrogens (tertiary/aromatic N) is 3. The molecule has 116 valence electrons. The number of alkyl halides is 2. The van der Waals surface area contributed by atoms with Gasteiger partial charge in [0.15, 0.2) is 0 Å². The van der Waals surface area contributed by atoms with Gasteiger partial charge >= 0.3 is 0 Å². The molecule has 0 radical (unpaired) electrons. The summed E-state index contributed by atoms with van der Waals surface area (Å²) in [4.78, 5) is 18.3. The third kappa shape index (κ3) is 1.99. The van der Waals surface area contributed by atoms with Gasteiger partial charge in [0.05, 0.1) is 11.6 Å². The van der Waals surface area contributed by atoms with Gasteiger partial charge in [-0.15, -0.1) is 0 Å². The summed E-state index contributed by atoms with van der Waals surface area (Å²) in [5.41, 5.74) is -0.358. The van der Waals surface area contributed by atoms with E-state index in [1.54, 1.807) is 24.1 Å². The van der Waals surface area contributed by atoms with Crippen molar-refractivity contribution in [1.29, 1.82) is 5.26 Å². The van der Waals surface area contributed by atoms with Gasteiger partial charge in [0.25, 0.3) is 6.43 Å². The Bertz CT molecular complexity index is 643. The molecule has 2 fully saturated rings. The molecule has 0 N–H and O–H groups in total. The Morgan fingerprint density at radius 1 is 1.50 bits per heavy atom. The molecule has 1 amide bonds. The fourth-order valence-corrected chi connectivity index (χ4v) is 3.82. The molecule has 3 atom stereocenters. The molecule has 3 rings (SSSR count). The van der Waals surface area contributed by atoms with Crippen LogP contribution in [0.25, 0.3) is 0 Å². The zero-order valence-corrected chi connectivity index (χ0v) is 12.3. The van der Waals surface area contributed by atoms with Crippen LogP contribution < -0.4 is 0 Å². The number of nitriles is 1. The van der Waals surface area contributed by atoms with Crippen molar-refractivity contribution in [2.45, 2.75) is 51.1 Å². The predicted octanol–water partition coefficient (Wildman–Crippen LogP) is 3.05. The maximum atomic E-state index is 13.5. The summed E-state index contributed by atoms with van der Waals surface area (Å²) >= 11 is 0. The lowest BCUT2D eigenvalue weighted by molar-refractivity contribution is -0.146. The minimum atomic E-state index is -2.64. The first-order valence-corrected chi connectivity index (χ1v) is 7.49. The lowest BCUT2D eigenvalue weighted by Gasteiger charge is -2.29. The molecule has 4 nitrogen and oxygen atoms in total. The third-order valence-corrected chi connectivity index (χ3v) is 5.08. The summed E-state index contributed by atoms with van der Waals surface area (Å²) in [6.07, 6.45) is 2.27. The van der Waals surface area contributed by atoms with E-state index >= 15 is 0 Å². The van der Waals surface area contributed by atoms with Crippen LogP contribution in [0.5, 0.6) is 0 Å². The molecule has 6 heteroatoms. The standard InChI is InChI=1S/C16H17F2N3O/c1-2-16(14(17)18)6-12-3-4-13(21(12)15(16)22)11-5-10(7-19)8-20-9-11/h5,8-9,12-14H,2-4,6H2,1H3/t12-,13+,16+/m1/s1. The van der Waals surface area contributed by atoms with Gasteiger partial charge in [-0.25, -0.2) is 8.78 Å². The Morgan fingerprint density at radius 2 is 2.27 bits per heavy atom. The van der Waals surface area contributed by atoms with E-state index in [4.69, 9.17) is 5.26 Å². The topological polar surface area (TPSA) is 57.0 Å². The molecule has 2 aliphatic rings. The maximum Gasteiger partial charge on any atom is 0.252 e. The number of hydrogen-bond donors (Lipinski definition) is 0. The molecular formula is C16H17F2N3O. The number of pyridine rings is 1. The Balaban J connectivity index is 1.95. The third-order valence-electron chi connectivity index (χ3n) is 5.08. The smallest absolute Gasteiger partial charge is 0.252 e. The minimum Gasteiger partial charge on any atom is -0.332 e. The molecule has 1 aromatic rings. The highest BCUT2D eigenvalue weighted by Crippen LogP contribution is 2.52. The first-order chi connectivity index (χ1) is 10.5. The summed E-state index contributed by atoms with van der Waals surface area (Å²) in [6.45, 7) is 1.65. The van der Waals surface area contributed by atoms with Crippen molar-refractivity contribution in [3.63, 3.8) is 0 Å². The summed E-state index contributed by atoms with van der Waals surface area (Å²) in [5, 5.41) is 8.97. The first kappa shape index (κ1) is 14.9. The zero-order chi connectivity index (χ0) is 15.9. The molecule has 0 aromatic carbocycles. The highest BCUT2D eigenvalue weighted by atomic mass is 19.3. The number of carbonyl (C=O) groups is 1. The number of carbonyl (C=O) groups excluding carboxylic acids is 1. The highest BCUT2D eigenvalue weighted by Gasteiger charge is 2.59. The molecule has 22 heavy (non-hydrogen) atoms. The molecule has 0 spiro atoms. The van der Waals surface area contributed by atoms with Gasteiger partial charge in [0, 0.05) is 18.4 Å². The van der Waals surface area contributed by atoms with E-state index in [9.17, 15) is 13.6 Å². The van der Waals surface area contributed by atoms with Gasteiger partial charge in [-0.3, -0.25) is 9.78 Å². The molecule has 3 heterocycles. The van der Waals surface area contributed by atoms with Crippen LogP contribution in [0.4, 0.5) is 8.78 Å². The molecule has 0 aliphatic carbocycles. The van der Waals surface area contributed by atoms with Crippen LogP contribution in [0.3, 0.4) is 0 Å². The van der Waals surface area contributed by atoms with Crippen molar-refractivity contribution in [3.8, 4) is 6.07 Å². The van der Waals surface area contributed by atoms with Gasteiger partial charge in [0.1, 0.15) is 11.5 Å². The second-order valence-electron chi connectivity index (χ2n) is 6.09. The van der Waals surface area contributed by atoms with Crippen molar-refractivity contribution >= 4 is 5.91 Å². The number of amides is 1. The van der Waals surface area contributed by atoms with Crippen LogP contribution in [0.15, 0.2) is 18.5 Å². The SMILES string of the molecule is CC[C@@]1(C(F)F)C[C@H]2CC[C@@H](c3cncc(C#N)c3)N2C1=O. The second-order valence-corrected chi connectivity index (χ2v) is 6.09. The number of halogens is 2. The Labute approximate surface area is 127 Å². The lowest BCUT2D eigenvalue weighted by atomic mass is 9.81. The first-order valence-electron chi connectivity index (χ1n) is 7.49. The van der Waals surface area contributed by atoms with E-state index in [-0.39, 0.29) is 24.9 Å². The second kappa shape index (κ2) is 5.31. The van der Waals surface area contributed by atoms with Crippen molar-refractivity contribution in [1.82, 2.24) is 9.88 Å². The molecular weight excluding hydrogens is 288 g/mol. The van der Waals surface area contributed by atoms with E-state index in [1.807, 2.05) is 6.07 Å². The Morgan fingerprint density at radius 3 is 2.91 bits per heavy atom. The fraction of sp³-hybridized carbons (Fsp3) is 0.562. The van der Waals surface area contributed by atoms with E-state index in [1.165, 1.54) is 6.20 Å². The maximum absolute atomic E-state index is 13.5. The Kier molecular flexibility index (Phi) is 3.59. The monoisotopic (exact) mass is 305 g/mol. The van der Waals surface area contributed by atoms with E-state index in [0.717, 1.165) is 18.4 Å². The van der Waals surface area contributed by atoms with Gasteiger partial charge in [-0.05, 0) is 37.3 Å². The zero-order valence-electron chi connectivity index (χ0n) is 12.3. The average Bonchev–Trinajstić information content (AvgIpc) is 3.06. The molecule has 0 saturated carbocycles. The van der Waals surface area contributed by atoms with Crippen LogP contribution in [-0.2, 0) is 4.79 Å². The van der Waals surface area contributed by atoms with Gasteiger partial charge in [-0.1, -0.05) is 6.92 Å². The van der Waals surface area contributed by atoms with Crippen molar-refractivity contribution in [3.05, 3.63) is 29.6 Å². The molecule has 2 saturated heterocycles. The molecule has 0 bridgehead atoms. The average molecular weight is 305 g/mol. The lowest BCUT2D eigenvalue weighted by Crippen LogP contribution is -2.40. The molecule has 1 aromatic heterocycles. The van der Waals surface area contributed by atoms with Gasteiger partial charge in [-0.2, -0.15) is 5.26 Å². The van der Waals surface area contributed by atoms with E-state index < -0.39 is 17.7 Å². The van der Waals surface area contributed by atoms with Crippen LogP contribution in [0.1, 0.15) is 49.8 Å². The Hall–Kier alpha value is -2.03. The van der Waals surface area contributed by atoms with Gasteiger partial charge in [0.2, 0.25) is 5.91 Å². The number of hydrogen-bond acceptors (Lipinski definition) is 3. The van der Waals surface area contributed by atoms with Crippen molar-refractivity contribution in [2.24, 2.45) is 5.41 Å². The predicted molar refractivity (Wildman–Crippen MR) is 74.9 cm³/mol. The highest BCUT2D eigenvalue weighted by molar-refractivity contribution is 5.86. The van der Waals surface area contributed by atoms with Gasteiger partial charge < -0.3 is 4.90 Å². The summed E-state index contributed by atoms with van der Waals surface area (Å²) in [5.74, 6) is -0.445. The van der Waals surface area contributed by atoms with Crippen LogP contribution >= 0.6 is 0 Å². The minimum absolute atomic E-state index is 0.128. The molecule has 2 aliphatic heterocycles. The van der Waals surface area contributed by atoms with E-state index in [0.29, 0.717) is 5.56 Å². The van der Waals surface area contributed by atoms with Crippen molar-refractivity contribution < 1.29 is 13.6 Å². The summed E-state index contributed by atoms with van der Waals surface area (Å²) in [7, 11) is 0. The summed E-state index contributed by atoms with van der Waals surface area (Å²) < 4.78 is 27.0. The number of fused-ring (bicyclic) bond motifs is 1. The quantitative estimate of drug-likeness (QED) is 0.862. The van der Waals surface area contributed by atoms with Crippen LogP contribution in [0, 0.1) is 16.7 Å². The largest absolute Gasteiger partial charge is 0.332 e. The van der Waals surface area contributed by atoms with E-state index in [2.05, 4.69) is 4.98 Å². The number of aromatic nitrogens is 1. The fourth-order valence-electron chi connectivity index (χ4n) is 3.82. The number of rotatable bonds is 3. The molecule has 0 unspecified atom stereocenters. The van der Waals surface area contributed by atoms with Crippen LogP contribution in [0.2, 0.25) is 0 Å². The van der Waals surface area contributed by atoms with Crippen LogP contribution in [-0.4, -0.2) is 28.3 Å². The normalized spacial score (nSPS) is 30.7. The summed E-state index contributed by atoms with van der Waals surface area (Å²) in [6, 6.07) is 3.34. The van der Waals surface area contributed by atoms with Crippen molar-refractivity contribution in [2.75, 3.05) is 0 Å².